The van der Waals surface area contributed by atoms with Gasteiger partial charge >= 0.3 is 0 Å². The summed E-state index contributed by atoms with van der Waals surface area (Å²) in [5, 5.41) is 0. The number of rotatable bonds is 3. The topological polar surface area (TPSA) is 0 Å². The predicted octanol–water partition coefficient (Wildman–Crippen LogP) is 4.83. The van der Waals surface area contributed by atoms with Crippen LogP contribution < -0.4 is 0 Å². The molecule has 0 unspecified atom stereocenters. The molecule has 2 rings (SSSR count). The van der Waals surface area contributed by atoms with Crippen molar-refractivity contribution in [3.63, 3.8) is 0 Å². The van der Waals surface area contributed by atoms with Crippen molar-refractivity contribution in [2.45, 2.75) is 0 Å². The summed E-state index contributed by atoms with van der Waals surface area (Å²) in [6.07, 6.45) is 3.81. The smallest absolute Gasteiger partial charge is 0.159 e. The van der Waals surface area contributed by atoms with E-state index in [-0.39, 0.29) is 0 Å². The second-order valence-corrected chi connectivity index (χ2v) is 4.60. The normalized spacial score (nSPS) is 11.6. The summed E-state index contributed by atoms with van der Waals surface area (Å²) in [5.74, 6) is -1.64. The van der Waals surface area contributed by atoms with Crippen molar-refractivity contribution in [3.05, 3.63) is 71.3 Å². The van der Waals surface area contributed by atoms with E-state index in [0.717, 1.165) is 16.5 Å². The van der Waals surface area contributed by atoms with Crippen molar-refractivity contribution < 1.29 is 8.78 Å². The Morgan fingerprint density at radius 2 is 1.72 bits per heavy atom. The average Bonchev–Trinajstić information content (AvgIpc) is 2.41. The lowest BCUT2D eigenvalue weighted by atomic mass is 10.1. The van der Waals surface area contributed by atoms with Crippen molar-refractivity contribution >= 4 is 22.7 Å². The maximum Gasteiger partial charge on any atom is 0.159 e. The van der Waals surface area contributed by atoms with Gasteiger partial charge in [0.2, 0.25) is 0 Å². The lowest BCUT2D eigenvalue weighted by Gasteiger charge is -2.04. The van der Waals surface area contributed by atoms with Gasteiger partial charge in [0.05, 0.1) is 0 Å². The molecule has 0 bridgehead atoms. The van der Waals surface area contributed by atoms with E-state index >= 15 is 0 Å². The first kappa shape index (κ1) is 12.8. The molecule has 18 heavy (non-hydrogen) atoms. The van der Waals surface area contributed by atoms with Gasteiger partial charge in [0.15, 0.2) is 11.6 Å². The van der Waals surface area contributed by atoms with E-state index in [0.29, 0.717) is 5.56 Å². The largest absolute Gasteiger partial charge is 0.204 e. The molecule has 0 nitrogen and oxygen atoms in total. The molecule has 3 heteroatoms. The first-order valence-electron chi connectivity index (χ1n) is 5.47. The van der Waals surface area contributed by atoms with Crippen molar-refractivity contribution in [1.82, 2.24) is 0 Å². The van der Waals surface area contributed by atoms with Crippen LogP contribution in [0, 0.1) is 11.6 Å². The zero-order valence-electron chi connectivity index (χ0n) is 9.86. The summed E-state index contributed by atoms with van der Waals surface area (Å²) in [5.41, 5.74) is 1.72. The molecule has 92 valence electrons. The molecule has 0 N–H and O–H groups in total. The summed E-state index contributed by atoms with van der Waals surface area (Å²) in [7, 11) is 0. The van der Waals surface area contributed by atoms with Crippen LogP contribution >= 0.6 is 11.8 Å². The molecule has 0 aromatic heterocycles. The van der Waals surface area contributed by atoms with Crippen molar-refractivity contribution in [3.8, 4) is 0 Å². The zero-order valence-corrected chi connectivity index (χ0v) is 10.7. The van der Waals surface area contributed by atoms with Gasteiger partial charge in [-0.1, -0.05) is 36.4 Å². The van der Waals surface area contributed by atoms with Gasteiger partial charge in [-0.2, -0.15) is 0 Å². The van der Waals surface area contributed by atoms with Gasteiger partial charge in [-0.25, -0.2) is 8.78 Å². The van der Waals surface area contributed by atoms with Crippen LogP contribution in [0.3, 0.4) is 0 Å². The summed E-state index contributed by atoms with van der Waals surface area (Å²) < 4.78 is 26.0. The number of thioether (sulfide) groups is 1. The highest BCUT2D eigenvalue weighted by molar-refractivity contribution is 8.07. The fourth-order valence-corrected chi connectivity index (χ4v) is 2.24. The van der Waals surface area contributed by atoms with Crippen molar-refractivity contribution in [1.29, 1.82) is 0 Å². The monoisotopic (exact) mass is 262 g/mol. The fraction of sp³-hybridized carbons (Fsp3) is 0.0667. The molecule has 0 aliphatic rings. The first-order valence-corrected chi connectivity index (χ1v) is 6.69. The van der Waals surface area contributed by atoms with Crippen LogP contribution in [0.15, 0.2) is 48.5 Å². The summed E-state index contributed by atoms with van der Waals surface area (Å²) in [4.78, 5) is 1.02. The minimum Gasteiger partial charge on any atom is -0.204 e. The minimum atomic E-state index is -0.822. The Kier molecular flexibility index (Phi) is 4.15. The van der Waals surface area contributed by atoms with Crippen molar-refractivity contribution in [2.75, 3.05) is 6.26 Å². The van der Waals surface area contributed by atoms with Crippen LogP contribution in [0.25, 0.3) is 11.0 Å². The molecular weight excluding hydrogens is 250 g/mol. The van der Waals surface area contributed by atoms with E-state index < -0.39 is 11.6 Å². The molecule has 0 spiro atoms. The highest BCUT2D eigenvalue weighted by atomic mass is 32.2. The second-order valence-electron chi connectivity index (χ2n) is 3.75. The van der Waals surface area contributed by atoms with E-state index in [1.807, 2.05) is 42.7 Å². The summed E-state index contributed by atoms with van der Waals surface area (Å²) >= 11 is 1.57. The molecule has 0 saturated heterocycles. The lowest BCUT2D eigenvalue weighted by Crippen LogP contribution is -1.85. The van der Waals surface area contributed by atoms with E-state index in [1.54, 1.807) is 17.8 Å². The van der Waals surface area contributed by atoms with Gasteiger partial charge in [0.25, 0.3) is 0 Å². The van der Waals surface area contributed by atoms with Crippen LogP contribution in [-0.2, 0) is 0 Å². The molecule has 0 radical (unpaired) electrons. The quantitative estimate of drug-likeness (QED) is 0.714. The third-order valence-corrected chi connectivity index (χ3v) is 3.31. The van der Waals surface area contributed by atoms with Crippen molar-refractivity contribution in [2.24, 2.45) is 0 Å². The van der Waals surface area contributed by atoms with Gasteiger partial charge in [-0.3, -0.25) is 0 Å². The lowest BCUT2D eigenvalue weighted by molar-refractivity contribution is 0.508. The molecule has 0 amide bonds. The molecule has 2 aromatic rings. The summed E-state index contributed by atoms with van der Waals surface area (Å²) in [6, 6.07) is 13.7. The molecule has 0 aliphatic carbocycles. The number of halogens is 2. The number of hydrogen-bond acceptors (Lipinski definition) is 1. The maximum atomic E-state index is 13.1. The Balaban J connectivity index is 2.38. The average molecular weight is 262 g/mol. The Labute approximate surface area is 109 Å². The Hall–Kier alpha value is -1.61. The van der Waals surface area contributed by atoms with Gasteiger partial charge in [-0.15, -0.1) is 11.8 Å². The Morgan fingerprint density at radius 1 is 1.00 bits per heavy atom. The number of benzene rings is 2. The molecule has 2 aromatic carbocycles. The van der Waals surface area contributed by atoms with Crippen LogP contribution in [0.1, 0.15) is 11.1 Å². The van der Waals surface area contributed by atoms with Gasteiger partial charge < -0.3 is 0 Å². The number of hydrogen-bond donors (Lipinski definition) is 0. The SMILES string of the molecule is CSC(=Cc1ccc(F)c(F)c1)c1ccccc1. The van der Waals surface area contributed by atoms with E-state index in [4.69, 9.17) is 0 Å². The van der Waals surface area contributed by atoms with E-state index in [9.17, 15) is 8.78 Å². The van der Waals surface area contributed by atoms with Gasteiger partial charge in [0, 0.05) is 4.91 Å². The molecular formula is C15H12F2S. The summed E-state index contributed by atoms with van der Waals surface area (Å²) in [6.45, 7) is 0. The van der Waals surface area contributed by atoms with Crippen LogP contribution in [0.5, 0.6) is 0 Å². The fourth-order valence-electron chi connectivity index (χ4n) is 1.62. The van der Waals surface area contributed by atoms with E-state index in [2.05, 4.69) is 0 Å². The second kappa shape index (κ2) is 5.83. The highest BCUT2D eigenvalue weighted by Gasteiger charge is 2.03. The first-order chi connectivity index (χ1) is 8.70. The molecule has 0 fully saturated rings. The zero-order chi connectivity index (χ0) is 13.0. The minimum absolute atomic E-state index is 0.655. The molecule has 0 heterocycles. The predicted molar refractivity (Wildman–Crippen MR) is 74.2 cm³/mol. The molecule has 0 aliphatic heterocycles. The molecule has 0 atom stereocenters. The van der Waals surface area contributed by atoms with Crippen LogP contribution in [-0.4, -0.2) is 6.26 Å². The van der Waals surface area contributed by atoms with Gasteiger partial charge in [0.1, 0.15) is 0 Å². The van der Waals surface area contributed by atoms with E-state index in [1.165, 1.54) is 6.07 Å². The third-order valence-electron chi connectivity index (χ3n) is 2.52. The van der Waals surface area contributed by atoms with Crippen LogP contribution in [0.4, 0.5) is 8.78 Å². The maximum absolute atomic E-state index is 13.1. The Bertz CT molecular complexity index is 562. The highest BCUT2D eigenvalue weighted by Crippen LogP contribution is 2.27. The van der Waals surface area contributed by atoms with Crippen LogP contribution in [0.2, 0.25) is 0 Å². The van der Waals surface area contributed by atoms with Gasteiger partial charge in [-0.05, 0) is 35.6 Å². The third kappa shape index (κ3) is 2.99. The molecule has 0 saturated carbocycles. The Morgan fingerprint density at radius 3 is 2.33 bits per heavy atom. The standard InChI is InChI=1S/C15H12F2S/c1-18-15(12-5-3-2-4-6-12)10-11-7-8-13(16)14(17)9-11/h2-10H,1H3.